The van der Waals surface area contributed by atoms with E-state index in [-0.39, 0.29) is 22.9 Å². The smallest absolute Gasteiger partial charge is 0.257 e. The largest absolute Gasteiger partial charge is 0.496 e. The third kappa shape index (κ3) is 5.77. The van der Waals surface area contributed by atoms with Gasteiger partial charge in [0.05, 0.1) is 24.2 Å². The lowest BCUT2D eigenvalue weighted by Gasteiger charge is -2.22. The van der Waals surface area contributed by atoms with Crippen LogP contribution in [0.15, 0.2) is 47.4 Å². The van der Waals surface area contributed by atoms with E-state index in [1.54, 1.807) is 11.0 Å². The van der Waals surface area contributed by atoms with Gasteiger partial charge in [-0.3, -0.25) is 4.79 Å². The molecule has 0 bridgehead atoms. The predicted octanol–water partition coefficient (Wildman–Crippen LogP) is 3.59. The molecule has 0 unspecified atom stereocenters. The summed E-state index contributed by atoms with van der Waals surface area (Å²) < 4.78 is 39.4. The first-order valence-electron chi connectivity index (χ1n) is 10.6. The van der Waals surface area contributed by atoms with E-state index in [1.165, 1.54) is 25.3 Å². The third-order valence-electron chi connectivity index (χ3n) is 5.33. The normalized spacial score (nSPS) is 14.7. The molecule has 168 valence electrons. The van der Waals surface area contributed by atoms with Crippen LogP contribution in [0.1, 0.15) is 48.5 Å². The van der Waals surface area contributed by atoms with Gasteiger partial charge in [0.25, 0.3) is 5.91 Å². The first-order valence-corrected chi connectivity index (χ1v) is 12.1. The number of ether oxygens (including phenoxy) is 2. The molecule has 7 nitrogen and oxygen atoms in total. The average molecular weight is 447 g/mol. The highest BCUT2D eigenvalue weighted by atomic mass is 32.2. The van der Waals surface area contributed by atoms with Crippen molar-refractivity contribution in [3.05, 3.63) is 53.6 Å². The zero-order chi connectivity index (χ0) is 22.3. The second-order valence-electron chi connectivity index (χ2n) is 7.43. The van der Waals surface area contributed by atoms with Crippen molar-refractivity contribution >= 4 is 15.9 Å². The van der Waals surface area contributed by atoms with Crippen LogP contribution in [0, 0.1) is 0 Å². The molecule has 1 saturated heterocycles. The van der Waals surface area contributed by atoms with Gasteiger partial charge in [-0.2, -0.15) is 0 Å². The van der Waals surface area contributed by atoms with Crippen LogP contribution in [0.2, 0.25) is 0 Å². The number of benzene rings is 2. The van der Waals surface area contributed by atoms with E-state index in [4.69, 9.17) is 9.47 Å². The van der Waals surface area contributed by atoms with E-state index in [0.29, 0.717) is 31.2 Å². The Morgan fingerprint density at radius 1 is 1.03 bits per heavy atom. The minimum Gasteiger partial charge on any atom is -0.496 e. The summed E-state index contributed by atoms with van der Waals surface area (Å²) in [5.41, 5.74) is 1.00. The Bertz CT molecular complexity index is 999. The molecule has 1 fully saturated rings. The van der Waals surface area contributed by atoms with Gasteiger partial charge >= 0.3 is 0 Å². The maximum Gasteiger partial charge on any atom is 0.257 e. The molecule has 2 aromatic carbocycles. The monoisotopic (exact) mass is 446 g/mol. The molecule has 1 aliphatic rings. The highest BCUT2D eigenvalue weighted by Crippen LogP contribution is 2.26. The summed E-state index contributed by atoms with van der Waals surface area (Å²) in [5.74, 6) is 0.812. The first kappa shape index (κ1) is 23.1. The molecule has 1 N–H and O–H groups in total. The van der Waals surface area contributed by atoms with Gasteiger partial charge in [0, 0.05) is 25.2 Å². The van der Waals surface area contributed by atoms with Crippen molar-refractivity contribution in [2.45, 2.75) is 44.0 Å². The SMILES string of the molecule is CCOc1ccccc1CNS(=O)(=O)c1ccc(OC)c(C(=O)N2CCCCCC2)c1. The van der Waals surface area contributed by atoms with Gasteiger partial charge in [-0.15, -0.1) is 0 Å². The van der Waals surface area contributed by atoms with Gasteiger partial charge in [-0.05, 0) is 44.0 Å². The Morgan fingerprint density at radius 3 is 2.42 bits per heavy atom. The molecule has 8 heteroatoms. The summed E-state index contributed by atoms with van der Waals surface area (Å²) in [6, 6.07) is 11.7. The number of rotatable bonds is 8. The van der Waals surface area contributed by atoms with Crippen LogP contribution in [-0.2, 0) is 16.6 Å². The Kier molecular flexibility index (Phi) is 7.92. The second-order valence-corrected chi connectivity index (χ2v) is 9.20. The van der Waals surface area contributed by atoms with Crippen molar-refractivity contribution in [2.75, 3.05) is 26.8 Å². The Hall–Kier alpha value is -2.58. The van der Waals surface area contributed by atoms with E-state index in [0.717, 1.165) is 31.2 Å². The third-order valence-corrected chi connectivity index (χ3v) is 6.73. The summed E-state index contributed by atoms with van der Waals surface area (Å²) in [6.45, 7) is 3.79. The summed E-state index contributed by atoms with van der Waals surface area (Å²) in [6.07, 6.45) is 4.10. The highest BCUT2D eigenvalue weighted by molar-refractivity contribution is 7.89. The Balaban J connectivity index is 1.83. The molecule has 1 amide bonds. The number of nitrogens with one attached hydrogen (secondary N) is 1. The molecule has 2 aromatic rings. The highest BCUT2D eigenvalue weighted by Gasteiger charge is 2.24. The molecule has 0 radical (unpaired) electrons. The number of carbonyl (C=O) groups excluding carboxylic acids is 1. The number of nitrogens with zero attached hydrogens (tertiary/aromatic N) is 1. The van der Waals surface area contributed by atoms with Crippen molar-refractivity contribution in [2.24, 2.45) is 0 Å². The van der Waals surface area contributed by atoms with Gasteiger partial charge in [-0.25, -0.2) is 13.1 Å². The summed E-state index contributed by atoms with van der Waals surface area (Å²) in [5, 5.41) is 0. The minimum atomic E-state index is -3.84. The van der Waals surface area contributed by atoms with Crippen LogP contribution in [0.25, 0.3) is 0 Å². The van der Waals surface area contributed by atoms with Gasteiger partial charge < -0.3 is 14.4 Å². The van der Waals surface area contributed by atoms with Crippen LogP contribution in [-0.4, -0.2) is 46.0 Å². The number of carbonyl (C=O) groups is 1. The molecule has 3 rings (SSSR count). The molecular weight excluding hydrogens is 416 g/mol. The number of hydrogen-bond donors (Lipinski definition) is 1. The Labute approximate surface area is 184 Å². The quantitative estimate of drug-likeness (QED) is 0.670. The molecule has 0 saturated carbocycles. The van der Waals surface area contributed by atoms with Crippen LogP contribution < -0.4 is 14.2 Å². The van der Waals surface area contributed by atoms with Crippen molar-refractivity contribution < 1.29 is 22.7 Å². The van der Waals surface area contributed by atoms with Gasteiger partial charge in [0.15, 0.2) is 0 Å². The van der Waals surface area contributed by atoms with Crippen molar-refractivity contribution in [3.8, 4) is 11.5 Å². The number of amides is 1. The molecule has 31 heavy (non-hydrogen) atoms. The second kappa shape index (κ2) is 10.6. The maximum atomic E-state index is 13.1. The van der Waals surface area contributed by atoms with E-state index in [1.807, 2.05) is 25.1 Å². The lowest BCUT2D eigenvalue weighted by Crippen LogP contribution is -2.32. The summed E-state index contributed by atoms with van der Waals surface area (Å²) in [7, 11) is -2.36. The zero-order valence-electron chi connectivity index (χ0n) is 18.1. The minimum absolute atomic E-state index is 0.0281. The molecule has 0 aliphatic carbocycles. The molecule has 0 aromatic heterocycles. The maximum absolute atomic E-state index is 13.1. The standard InChI is InChI=1S/C23H30N2O5S/c1-3-30-21-11-7-6-10-18(21)17-24-31(27,28)19-12-13-22(29-2)20(16-19)23(26)25-14-8-4-5-9-15-25/h6-7,10-13,16,24H,3-5,8-9,14-15,17H2,1-2H3. The van der Waals surface area contributed by atoms with Gasteiger partial charge in [0.2, 0.25) is 10.0 Å². The first-order chi connectivity index (χ1) is 15.0. The molecule has 0 atom stereocenters. The molecule has 0 spiro atoms. The van der Waals surface area contributed by atoms with Crippen molar-refractivity contribution in [1.29, 1.82) is 0 Å². The fraction of sp³-hybridized carbons (Fsp3) is 0.435. The number of para-hydroxylation sites is 1. The molecular formula is C23H30N2O5S. The van der Waals surface area contributed by atoms with E-state index in [9.17, 15) is 13.2 Å². The molecule has 1 aliphatic heterocycles. The van der Waals surface area contributed by atoms with Crippen LogP contribution >= 0.6 is 0 Å². The van der Waals surface area contributed by atoms with Crippen LogP contribution in [0.3, 0.4) is 0 Å². The fourth-order valence-electron chi connectivity index (χ4n) is 3.67. The summed E-state index contributed by atoms with van der Waals surface area (Å²) >= 11 is 0. The topological polar surface area (TPSA) is 84.9 Å². The number of likely N-dealkylation sites (tertiary alicyclic amines) is 1. The molecule has 1 heterocycles. The van der Waals surface area contributed by atoms with Crippen molar-refractivity contribution in [1.82, 2.24) is 9.62 Å². The van der Waals surface area contributed by atoms with Crippen molar-refractivity contribution in [3.63, 3.8) is 0 Å². The number of hydrogen-bond acceptors (Lipinski definition) is 5. The predicted molar refractivity (Wildman–Crippen MR) is 119 cm³/mol. The van der Waals surface area contributed by atoms with Crippen LogP contribution in [0.4, 0.5) is 0 Å². The lowest BCUT2D eigenvalue weighted by molar-refractivity contribution is 0.0758. The fourth-order valence-corrected chi connectivity index (χ4v) is 4.70. The lowest BCUT2D eigenvalue weighted by atomic mass is 10.1. The summed E-state index contributed by atoms with van der Waals surface area (Å²) in [4.78, 5) is 14.9. The van der Waals surface area contributed by atoms with E-state index in [2.05, 4.69) is 4.72 Å². The van der Waals surface area contributed by atoms with E-state index < -0.39 is 10.0 Å². The number of methoxy groups -OCH3 is 1. The van der Waals surface area contributed by atoms with E-state index >= 15 is 0 Å². The zero-order valence-corrected chi connectivity index (χ0v) is 18.9. The Morgan fingerprint density at radius 2 is 1.74 bits per heavy atom. The van der Waals surface area contributed by atoms with Crippen LogP contribution in [0.5, 0.6) is 11.5 Å². The van der Waals surface area contributed by atoms with Gasteiger partial charge in [0.1, 0.15) is 11.5 Å². The average Bonchev–Trinajstić information content (AvgIpc) is 3.07. The van der Waals surface area contributed by atoms with Gasteiger partial charge in [-0.1, -0.05) is 31.0 Å². The number of sulfonamides is 1.